The van der Waals surface area contributed by atoms with Crippen LogP contribution in [0.2, 0.25) is 0 Å². The second-order valence-corrected chi connectivity index (χ2v) is 10.2. The summed E-state index contributed by atoms with van der Waals surface area (Å²) in [6.45, 7) is 4.31. The molecule has 4 heteroatoms. The molecular formula is C25H45NO3. The third-order valence-electron chi connectivity index (χ3n) is 7.04. The average Bonchev–Trinajstić information content (AvgIpc) is 2.63. The molecular weight excluding hydrogens is 362 g/mol. The first kappa shape index (κ1) is 24.4. The number of rotatable bonds is 18. The Hall–Kier alpha value is -0.900. The van der Waals surface area contributed by atoms with E-state index in [2.05, 4.69) is 5.32 Å². The Morgan fingerprint density at radius 2 is 1.17 bits per heavy atom. The molecule has 0 heterocycles. The van der Waals surface area contributed by atoms with Crippen molar-refractivity contribution in [3.63, 3.8) is 0 Å². The van der Waals surface area contributed by atoms with Crippen LogP contribution in [0, 0.1) is 11.3 Å². The second kappa shape index (κ2) is 12.1. The molecule has 0 atom stereocenters. The van der Waals surface area contributed by atoms with Gasteiger partial charge in [0, 0.05) is 29.9 Å². The van der Waals surface area contributed by atoms with Crippen LogP contribution in [0.5, 0.6) is 0 Å². The van der Waals surface area contributed by atoms with Gasteiger partial charge in [0.1, 0.15) is 5.78 Å². The Morgan fingerprint density at radius 1 is 0.759 bits per heavy atom. The topological polar surface area (TPSA) is 66.4 Å². The lowest BCUT2D eigenvalue weighted by Gasteiger charge is -2.70. The van der Waals surface area contributed by atoms with Crippen molar-refractivity contribution in [2.24, 2.45) is 11.3 Å². The van der Waals surface area contributed by atoms with Gasteiger partial charge < -0.3 is 10.4 Å². The minimum atomic E-state index is -0.0820. The summed E-state index contributed by atoms with van der Waals surface area (Å²) in [6.07, 6.45) is 19.4. The molecule has 0 spiro atoms. The molecule has 2 N–H and O–H groups in total. The van der Waals surface area contributed by atoms with E-state index in [1.54, 1.807) is 0 Å². The Labute approximate surface area is 178 Å². The number of carbonyl (C=O) groups excluding carboxylic acids is 2. The van der Waals surface area contributed by atoms with Crippen molar-refractivity contribution in [2.75, 3.05) is 6.61 Å². The van der Waals surface area contributed by atoms with Crippen molar-refractivity contribution in [3.05, 3.63) is 0 Å². The van der Waals surface area contributed by atoms with Crippen molar-refractivity contribution >= 4 is 11.7 Å². The van der Waals surface area contributed by atoms with E-state index in [0.717, 1.165) is 38.5 Å². The molecule has 4 nitrogen and oxygen atoms in total. The van der Waals surface area contributed by atoms with E-state index in [4.69, 9.17) is 5.11 Å². The summed E-state index contributed by atoms with van der Waals surface area (Å²) in [7, 11) is 0. The third-order valence-corrected chi connectivity index (χ3v) is 7.04. The van der Waals surface area contributed by atoms with E-state index in [1.165, 1.54) is 64.2 Å². The lowest BCUT2D eigenvalue weighted by Crippen LogP contribution is -2.77. The maximum atomic E-state index is 12.2. The molecule has 3 rings (SSSR count). The largest absolute Gasteiger partial charge is 0.396 e. The summed E-state index contributed by atoms with van der Waals surface area (Å²) in [6, 6.07) is 0. The molecule has 3 aliphatic carbocycles. The highest BCUT2D eigenvalue weighted by molar-refractivity contribution is 5.91. The summed E-state index contributed by atoms with van der Waals surface area (Å²) in [5.41, 5.74) is -0.109. The summed E-state index contributed by atoms with van der Waals surface area (Å²) in [4.78, 5) is 24.4. The SMILES string of the molecule is CC(C)C(=O)C12CC(NC(=O)CCCCCCCCCCCCCCCO)(C1)C2. The number of hydrogen-bond acceptors (Lipinski definition) is 3. The zero-order valence-corrected chi connectivity index (χ0v) is 19.1. The van der Waals surface area contributed by atoms with Crippen LogP contribution in [0.15, 0.2) is 0 Å². The van der Waals surface area contributed by atoms with Gasteiger partial charge in [-0.2, -0.15) is 0 Å². The Balaban J connectivity index is 1.35. The van der Waals surface area contributed by atoms with E-state index in [0.29, 0.717) is 18.8 Å². The first-order chi connectivity index (χ1) is 13.9. The van der Waals surface area contributed by atoms with Crippen molar-refractivity contribution in [3.8, 4) is 0 Å². The van der Waals surface area contributed by atoms with Crippen LogP contribution in [0.25, 0.3) is 0 Å². The highest BCUT2D eigenvalue weighted by atomic mass is 16.3. The van der Waals surface area contributed by atoms with Gasteiger partial charge in [-0.1, -0.05) is 84.5 Å². The fourth-order valence-corrected chi connectivity index (χ4v) is 5.49. The van der Waals surface area contributed by atoms with Crippen molar-refractivity contribution in [1.29, 1.82) is 0 Å². The zero-order valence-electron chi connectivity index (χ0n) is 19.1. The molecule has 0 aliphatic heterocycles. The Bertz CT molecular complexity index is 494. The van der Waals surface area contributed by atoms with Gasteiger partial charge >= 0.3 is 0 Å². The van der Waals surface area contributed by atoms with Gasteiger partial charge in [-0.05, 0) is 32.1 Å². The van der Waals surface area contributed by atoms with Crippen LogP contribution in [-0.2, 0) is 9.59 Å². The third kappa shape index (κ3) is 7.38. The molecule has 0 aromatic carbocycles. The fourth-order valence-electron chi connectivity index (χ4n) is 5.49. The number of hydrogen-bond donors (Lipinski definition) is 2. The zero-order chi connectivity index (χ0) is 21.2. The summed E-state index contributed by atoms with van der Waals surface area (Å²) in [5.74, 6) is 0.701. The summed E-state index contributed by atoms with van der Waals surface area (Å²) >= 11 is 0. The number of aliphatic hydroxyl groups is 1. The number of Topliss-reactive ketones (excluding diaryl/α,β-unsaturated/α-hetero) is 1. The molecule has 1 amide bonds. The maximum absolute atomic E-state index is 12.2. The van der Waals surface area contributed by atoms with Gasteiger partial charge in [0.25, 0.3) is 0 Å². The van der Waals surface area contributed by atoms with E-state index < -0.39 is 0 Å². The second-order valence-electron chi connectivity index (χ2n) is 10.2. The molecule has 3 saturated carbocycles. The van der Waals surface area contributed by atoms with Crippen LogP contribution < -0.4 is 5.32 Å². The van der Waals surface area contributed by atoms with E-state index in [9.17, 15) is 9.59 Å². The van der Waals surface area contributed by atoms with Crippen LogP contribution >= 0.6 is 0 Å². The highest BCUT2D eigenvalue weighted by Crippen LogP contribution is 2.68. The highest BCUT2D eigenvalue weighted by Gasteiger charge is 2.71. The molecule has 0 aromatic heterocycles. The standard InChI is InChI=1S/C25H45NO3/c1-21(2)23(29)24-18-25(19-24,20-24)26-22(28)16-14-12-10-8-6-4-3-5-7-9-11-13-15-17-27/h21,27H,3-20H2,1-2H3,(H,26,28). The number of ketones is 1. The van der Waals surface area contributed by atoms with Crippen LogP contribution in [0.4, 0.5) is 0 Å². The van der Waals surface area contributed by atoms with Crippen molar-refractivity contribution in [2.45, 2.75) is 129 Å². The monoisotopic (exact) mass is 407 g/mol. The minimum Gasteiger partial charge on any atom is -0.396 e. The van der Waals surface area contributed by atoms with Crippen molar-refractivity contribution < 1.29 is 14.7 Å². The molecule has 0 aromatic rings. The number of unbranched alkanes of at least 4 members (excludes halogenated alkanes) is 12. The van der Waals surface area contributed by atoms with Gasteiger partial charge in [0.05, 0.1) is 0 Å². The van der Waals surface area contributed by atoms with E-state index >= 15 is 0 Å². The molecule has 0 unspecified atom stereocenters. The summed E-state index contributed by atoms with van der Waals surface area (Å²) in [5, 5.41) is 12.0. The fraction of sp³-hybridized carbons (Fsp3) is 0.920. The van der Waals surface area contributed by atoms with Crippen LogP contribution in [0.1, 0.15) is 123 Å². The quantitative estimate of drug-likeness (QED) is 0.286. The minimum absolute atomic E-state index is 0.0273. The molecule has 2 bridgehead atoms. The number of amides is 1. The molecule has 0 saturated heterocycles. The normalized spacial score (nSPS) is 24.8. The van der Waals surface area contributed by atoms with Gasteiger partial charge in [-0.3, -0.25) is 9.59 Å². The van der Waals surface area contributed by atoms with Crippen LogP contribution in [0.3, 0.4) is 0 Å². The maximum Gasteiger partial charge on any atom is 0.220 e. The average molecular weight is 408 g/mol. The molecule has 168 valence electrons. The van der Waals surface area contributed by atoms with E-state index in [1.807, 2.05) is 13.8 Å². The number of aliphatic hydroxyl groups excluding tert-OH is 1. The molecule has 0 radical (unpaired) electrons. The number of carbonyl (C=O) groups is 2. The predicted molar refractivity (Wildman–Crippen MR) is 119 cm³/mol. The van der Waals surface area contributed by atoms with Gasteiger partial charge in [-0.15, -0.1) is 0 Å². The smallest absolute Gasteiger partial charge is 0.220 e. The van der Waals surface area contributed by atoms with Gasteiger partial charge in [-0.25, -0.2) is 0 Å². The lowest BCUT2D eigenvalue weighted by atomic mass is 9.37. The lowest BCUT2D eigenvalue weighted by molar-refractivity contribution is -0.184. The Kier molecular flexibility index (Phi) is 10.1. The summed E-state index contributed by atoms with van der Waals surface area (Å²) < 4.78 is 0. The number of nitrogens with one attached hydrogen (secondary N) is 1. The Morgan fingerprint density at radius 3 is 1.59 bits per heavy atom. The van der Waals surface area contributed by atoms with E-state index in [-0.39, 0.29) is 22.8 Å². The molecule has 3 fully saturated rings. The first-order valence-corrected chi connectivity index (χ1v) is 12.4. The van der Waals surface area contributed by atoms with Crippen molar-refractivity contribution in [1.82, 2.24) is 5.32 Å². The predicted octanol–water partition coefficient (Wildman–Crippen LogP) is 5.70. The first-order valence-electron chi connectivity index (χ1n) is 12.4. The van der Waals surface area contributed by atoms with Gasteiger partial charge in [0.2, 0.25) is 5.91 Å². The molecule has 3 aliphatic rings. The van der Waals surface area contributed by atoms with Gasteiger partial charge in [0.15, 0.2) is 0 Å². The molecule has 29 heavy (non-hydrogen) atoms. The van der Waals surface area contributed by atoms with Crippen LogP contribution in [-0.4, -0.2) is 28.9 Å².